The van der Waals surface area contributed by atoms with Crippen LogP contribution in [0, 0.1) is 5.82 Å². The Labute approximate surface area is 186 Å². The third-order valence-electron chi connectivity index (χ3n) is 4.78. The first-order chi connectivity index (χ1) is 14.8. The van der Waals surface area contributed by atoms with Gasteiger partial charge in [0, 0.05) is 25.7 Å². The predicted molar refractivity (Wildman–Crippen MR) is 107 cm³/mol. The number of hydrogen-bond acceptors (Lipinski definition) is 6. The van der Waals surface area contributed by atoms with E-state index in [-0.39, 0.29) is 41.9 Å². The number of hydrogen-bond donors (Lipinski definition) is 1. The van der Waals surface area contributed by atoms with Crippen molar-refractivity contribution in [3.05, 3.63) is 71.2 Å². The van der Waals surface area contributed by atoms with Crippen LogP contribution in [0.15, 0.2) is 43.0 Å². The van der Waals surface area contributed by atoms with Gasteiger partial charge < -0.3 is 10.1 Å². The minimum absolute atomic E-state index is 0. The molecule has 0 radical (unpaired) electrons. The zero-order valence-corrected chi connectivity index (χ0v) is 17.3. The molecule has 1 N–H and O–H groups in total. The van der Waals surface area contributed by atoms with E-state index in [2.05, 4.69) is 20.4 Å². The lowest BCUT2D eigenvalue weighted by atomic mass is 10.0. The van der Waals surface area contributed by atoms with E-state index in [1.54, 1.807) is 6.07 Å². The van der Waals surface area contributed by atoms with Crippen molar-refractivity contribution in [3.8, 4) is 5.82 Å². The largest absolute Gasteiger partial charge is 0.434 e. The van der Waals surface area contributed by atoms with Crippen molar-refractivity contribution >= 4 is 18.2 Å². The number of Topliss-reactive ketones (excluding diaryl/α,β-unsaturated/α-hetero) is 1. The molecule has 0 spiro atoms. The van der Waals surface area contributed by atoms with Crippen molar-refractivity contribution in [1.29, 1.82) is 0 Å². The number of carbonyl (C=O) groups excluding carboxylic acids is 1. The lowest BCUT2D eigenvalue weighted by molar-refractivity contribution is -0.141. The van der Waals surface area contributed by atoms with Gasteiger partial charge in [-0.05, 0) is 17.2 Å². The van der Waals surface area contributed by atoms with Crippen LogP contribution in [-0.4, -0.2) is 45.2 Å². The summed E-state index contributed by atoms with van der Waals surface area (Å²) in [5.41, 5.74) is -0.184. The lowest BCUT2D eigenvalue weighted by Crippen LogP contribution is -2.33. The molecular formula is C20H18ClF4N5O2. The molecule has 1 aliphatic heterocycles. The van der Waals surface area contributed by atoms with Gasteiger partial charge in [0.25, 0.3) is 0 Å². The van der Waals surface area contributed by atoms with Crippen molar-refractivity contribution in [2.75, 3.05) is 19.7 Å². The standard InChI is InChI=1S/C20H17F4N5O2.ClH/c21-15-5-13(17-8-25-3-4-31-17)2-1-12(15)6-16(30)14-7-27-29(11-14)19-10-26-9-18(28-19)20(22,23)24;/h1-2,5,7,9-11,17,25H,3-4,6,8H2;1H/t17-;/m1./s1. The second-order valence-electron chi connectivity index (χ2n) is 6.95. The summed E-state index contributed by atoms with van der Waals surface area (Å²) in [4.78, 5) is 19.5. The maximum Gasteiger partial charge on any atom is 0.434 e. The van der Waals surface area contributed by atoms with Gasteiger partial charge in [0.15, 0.2) is 17.3 Å². The van der Waals surface area contributed by atoms with Crippen LogP contribution in [0.25, 0.3) is 5.82 Å². The summed E-state index contributed by atoms with van der Waals surface area (Å²) >= 11 is 0. The molecule has 2 aromatic heterocycles. The molecule has 0 aliphatic carbocycles. The van der Waals surface area contributed by atoms with Crippen LogP contribution in [0.2, 0.25) is 0 Å². The highest BCUT2D eigenvalue weighted by Crippen LogP contribution is 2.27. The zero-order chi connectivity index (χ0) is 22.0. The molecule has 170 valence electrons. The number of nitrogens with zero attached hydrogens (tertiary/aromatic N) is 4. The highest BCUT2D eigenvalue weighted by molar-refractivity contribution is 5.97. The van der Waals surface area contributed by atoms with E-state index in [1.807, 2.05) is 0 Å². The normalized spacial score (nSPS) is 16.4. The number of nitrogens with one attached hydrogen (secondary N) is 1. The molecule has 0 amide bonds. The van der Waals surface area contributed by atoms with Gasteiger partial charge in [-0.15, -0.1) is 12.4 Å². The molecule has 0 saturated carbocycles. The summed E-state index contributed by atoms with van der Waals surface area (Å²) in [6.07, 6.45) is -1.01. The molecule has 7 nitrogen and oxygen atoms in total. The first kappa shape index (κ1) is 23.8. The SMILES string of the molecule is Cl.O=C(Cc1ccc([C@H]2CNCCO2)cc1F)c1cnn(-c2cncc(C(F)(F)F)n2)c1. The molecule has 1 aromatic carbocycles. The topological polar surface area (TPSA) is 81.9 Å². The molecule has 1 aliphatic rings. The summed E-state index contributed by atoms with van der Waals surface area (Å²) in [7, 11) is 0. The number of ether oxygens (including phenoxy) is 1. The van der Waals surface area contributed by atoms with Crippen molar-refractivity contribution in [2.24, 2.45) is 0 Å². The molecule has 0 bridgehead atoms. The van der Waals surface area contributed by atoms with E-state index in [9.17, 15) is 22.4 Å². The van der Waals surface area contributed by atoms with E-state index in [0.29, 0.717) is 24.9 Å². The van der Waals surface area contributed by atoms with Gasteiger partial charge in [-0.25, -0.2) is 14.1 Å². The molecule has 3 aromatic rings. The molecule has 1 saturated heterocycles. The Morgan fingerprint density at radius 3 is 2.75 bits per heavy atom. The molecule has 3 heterocycles. The van der Waals surface area contributed by atoms with Crippen LogP contribution in [-0.2, 0) is 17.3 Å². The Kier molecular flexibility index (Phi) is 7.22. The molecule has 32 heavy (non-hydrogen) atoms. The summed E-state index contributed by atoms with van der Waals surface area (Å²) in [5.74, 6) is -1.16. The summed E-state index contributed by atoms with van der Waals surface area (Å²) in [6.45, 7) is 1.85. The van der Waals surface area contributed by atoms with Crippen LogP contribution in [0.5, 0.6) is 0 Å². The predicted octanol–water partition coefficient (Wildman–Crippen LogP) is 3.33. The summed E-state index contributed by atoms with van der Waals surface area (Å²) in [5, 5.41) is 7.04. The highest BCUT2D eigenvalue weighted by Gasteiger charge is 2.33. The number of benzene rings is 1. The Morgan fingerprint density at radius 1 is 1.25 bits per heavy atom. The van der Waals surface area contributed by atoms with Crippen LogP contribution < -0.4 is 5.32 Å². The monoisotopic (exact) mass is 471 g/mol. The molecule has 1 fully saturated rings. The number of morpholine rings is 1. The second kappa shape index (κ2) is 9.72. The fraction of sp³-hybridized carbons (Fsp3) is 0.300. The average molecular weight is 472 g/mol. The lowest BCUT2D eigenvalue weighted by Gasteiger charge is -2.24. The van der Waals surface area contributed by atoms with Gasteiger partial charge in [-0.2, -0.15) is 18.3 Å². The van der Waals surface area contributed by atoms with Crippen LogP contribution >= 0.6 is 12.4 Å². The van der Waals surface area contributed by atoms with Gasteiger partial charge in [-0.3, -0.25) is 9.78 Å². The fourth-order valence-corrected chi connectivity index (χ4v) is 3.16. The van der Waals surface area contributed by atoms with Crippen molar-refractivity contribution < 1.29 is 27.1 Å². The first-order valence-electron chi connectivity index (χ1n) is 9.39. The quantitative estimate of drug-likeness (QED) is 0.454. The Balaban J connectivity index is 0.00000289. The smallest absolute Gasteiger partial charge is 0.371 e. The molecule has 0 unspecified atom stereocenters. The van der Waals surface area contributed by atoms with Crippen LogP contribution in [0.1, 0.15) is 33.3 Å². The second-order valence-corrected chi connectivity index (χ2v) is 6.95. The molecule has 4 rings (SSSR count). The number of aromatic nitrogens is 4. The van der Waals surface area contributed by atoms with Crippen molar-refractivity contribution in [3.63, 3.8) is 0 Å². The van der Waals surface area contributed by atoms with Crippen molar-refractivity contribution in [1.82, 2.24) is 25.1 Å². The number of ketones is 1. The average Bonchev–Trinajstić information content (AvgIpc) is 3.26. The molecule has 1 atom stereocenters. The Morgan fingerprint density at radius 2 is 2.06 bits per heavy atom. The van der Waals surface area contributed by atoms with Crippen LogP contribution in [0.3, 0.4) is 0 Å². The number of alkyl halides is 3. The van der Waals surface area contributed by atoms with Crippen molar-refractivity contribution in [2.45, 2.75) is 18.7 Å². The number of halogens is 5. The maximum absolute atomic E-state index is 14.5. The fourth-order valence-electron chi connectivity index (χ4n) is 3.16. The van der Waals surface area contributed by atoms with Gasteiger partial charge in [0.2, 0.25) is 0 Å². The Hall–Kier alpha value is -2.89. The third-order valence-corrected chi connectivity index (χ3v) is 4.78. The van der Waals surface area contributed by atoms with Gasteiger partial charge in [0.1, 0.15) is 5.82 Å². The van der Waals surface area contributed by atoms with Gasteiger partial charge in [-0.1, -0.05) is 12.1 Å². The maximum atomic E-state index is 14.5. The van der Waals surface area contributed by atoms with E-state index < -0.39 is 23.5 Å². The Bertz CT molecular complexity index is 1100. The highest BCUT2D eigenvalue weighted by atomic mass is 35.5. The number of carbonyl (C=O) groups is 1. The van der Waals surface area contributed by atoms with Crippen LogP contribution in [0.4, 0.5) is 17.6 Å². The van der Waals surface area contributed by atoms with E-state index in [4.69, 9.17) is 4.74 Å². The van der Waals surface area contributed by atoms with Gasteiger partial charge >= 0.3 is 6.18 Å². The summed E-state index contributed by atoms with van der Waals surface area (Å²) < 4.78 is 59.6. The molecule has 12 heteroatoms. The summed E-state index contributed by atoms with van der Waals surface area (Å²) in [6, 6.07) is 4.59. The van der Waals surface area contributed by atoms with Gasteiger partial charge in [0.05, 0.1) is 36.9 Å². The number of rotatable bonds is 5. The first-order valence-corrected chi connectivity index (χ1v) is 9.39. The van der Waals surface area contributed by atoms with E-state index >= 15 is 0 Å². The van der Waals surface area contributed by atoms with E-state index in [1.165, 1.54) is 24.5 Å². The van der Waals surface area contributed by atoms with E-state index in [0.717, 1.165) is 17.4 Å². The molecular weight excluding hydrogens is 454 g/mol. The minimum atomic E-state index is -4.66. The zero-order valence-electron chi connectivity index (χ0n) is 16.5. The minimum Gasteiger partial charge on any atom is -0.371 e. The third kappa shape index (κ3) is 5.29.